The van der Waals surface area contributed by atoms with Gasteiger partial charge in [-0.1, -0.05) is 33.6 Å². The zero-order chi connectivity index (χ0) is 11.1. The van der Waals surface area contributed by atoms with Crippen LogP contribution in [0.3, 0.4) is 0 Å². The van der Waals surface area contributed by atoms with E-state index in [1.54, 1.807) is 0 Å². The molecule has 2 aliphatic carbocycles. The minimum Gasteiger partial charge on any atom is -0.392 e. The van der Waals surface area contributed by atoms with Crippen molar-refractivity contribution in [3.05, 3.63) is 0 Å². The molecule has 0 aromatic heterocycles. The second kappa shape index (κ2) is 4.06. The van der Waals surface area contributed by atoms with Crippen LogP contribution in [0.1, 0.15) is 52.9 Å². The Morgan fingerprint density at radius 2 is 1.87 bits per heavy atom. The maximum atomic E-state index is 9.66. The molecule has 2 saturated carbocycles. The Balaban J connectivity index is 1.87. The largest absolute Gasteiger partial charge is 0.392 e. The second-order valence-electron chi connectivity index (χ2n) is 6.00. The van der Waals surface area contributed by atoms with Crippen molar-refractivity contribution < 1.29 is 9.84 Å². The quantitative estimate of drug-likeness (QED) is 0.762. The molecule has 2 rings (SSSR count). The zero-order valence-electron chi connectivity index (χ0n) is 10.2. The summed E-state index contributed by atoms with van der Waals surface area (Å²) in [7, 11) is 0. The van der Waals surface area contributed by atoms with Crippen molar-refractivity contribution >= 4 is 0 Å². The summed E-state index contributed by atoms with van der Waals surface area (Å²) in [6.07, 6.45) is 6.57. The van der Waals surface area contributed by atoms with Crippen LogP contribution in [0, 0.1) is 11.3 Å². The highest BCUT2D eigenvalue weighted by molar-refractivity contribution is 4.99. The second-order valence-corrected chi connectivity index (χ2v) is 6.00. The highest BCUT2D eigenvalue weighted by Gasteiger charge is 2.49. The molecule has 15 heavy (non-hydrogen) atoms. The highest BCUT2D eigenvalue weighted by atomic mass is 16.5. The molecule has 2 aliphatic rings. The zero-order valence-corrected chi connectivity index (χ0v) is 10.2. The lowest BCUT2D eigenvalue weighted by Gasteiger charge is -2.50. The SMILES string of the molecule is CC1CCCCC1OC1CC(O)C1(C)C. The van der Waals surface area contributed by atoms with Gasteiger partial charge in [-0.15, -0.1) is 0 Å². The van der Waals surface area contributed by atoms with Gasteiger partial charge in [0.1, 0.15) is 0 Å². The highest BCUT2D eigenvalue weighted by Crippen LogP contribution is 2.44. The maximum absolute atomic E-state index is 9.66. The molecule has 4 atom stereocenters. The van der Waals surface area contributed by atoms with Crippen LogP contribution in [-0.2, 0) is 4.74 Å². The Kier molecular flexibility index (Phi) is 3.09. The molecule has 0 radical (unpaired) electrons. The lowest BCUT2D eigenvalue weighted by atomic mass is 9.66. The predicted molar refractivity (Wildman–Crippen MR) is 60.7 cm³/mol. The average Bonchev–Trinajstić information content (AvgIpc) is 2.20. The Labute approximate surface area is 93.0 Å². The Hall–Kier alpha value is -0.0800. The van der Waals surface area contributed by atoms with Crippen LogP contribution >= 0.6 is 0 Å². The van der Waals surface area contributed by atoms with Gasteiger partial charge in [0.05, 0.1) is 18.3 Å². The predicted octanol–water partition coefficient (Wildman–Crippen LogP) is 2.74. The summed E-state index contributed by atoms with van der Waals surface area (Å²) in [5.41, 5.74) is -0.0306. The number of aliphatic hydroxyl groups is 1. The lowest BCUT2D eigenvalue weighted by Crippen LogP contribution is -2.56. The normalized spacial score (nSPS) is 44.8. The molecule has 0 aromatic rings. The topological polar surface area (TPSA) is 29.5 Å². The summed E-state index contributed by atoms with van der Waals surface area (Å²) >= 11 is 0. The third-order valence-electron chi connectivity index (χ3n) is 4.50. The van der Waals surface area contributed by atoms with Gasteiger partial charge in [0.2, 0.25) is 0 Å². The fraction of sp³-hybridized carbons (Fsp3) is 1.00. The standard InChI is InChI=1S/C13H24O2/c1-9-6-4-5-7-10(9)15-12-8-11(14)13(12,2)3/h9-12,14H,4-8H2,1-3H3. The van der Waals surface area contributed by atoms with E-state index in [1.165, 1.54) is 25.7 Å². The molecule has 0 heterocycles. The van der Waals surface area contributed by atoms with E-state index in [2.05, 4.69) is 20.8 Å². The molecule has 2 heteroatoms. The summed E-state index contributed by atoms with van der Waals surface area (Å²) in [5, 5.41) is 9.66. The van der Waals surface area contributed by atoms with Crippen molar-refractivity contribution in [2.45, 2.75) is 71.2 Å². The van der Waals surface area contributed by atoms with Crippen LogP contribution < -0.4 is 0 Å². The molecule has 0 bridgehead atoms. The first-order valence-corrected chi connectivity index (χ1v) is 6.35. The number of aliphatic hydroxyl groups excluding tert-OH is 1. The van der Waals surface area contributed by atoms with Gasteiger partial charge < -0.3 is 9.84 Å². The summed E-state index contributed by atoms with van der Waals surface area (Å²) < 4.78 is 6.17. The number of ether oxygens (including phenoxy) is 1. The monoisotopic (exact) mass is 212 g/mol. The van der Waals surface area contributed by atoms with Gasteiger partial charge in [0.15, 0.2) is 0 Å². The van der Waals surface area contributed by atoms with Crippen LogP contribution in [0.5, 0.6) is 0 Å². The first kappa shape index (κ1) is 11.4. The van der Waals surface area contributed by atoms with E-state index < -0.39 is 0 Å². The molecular formula is C13H24O2. The van der Waals surface area contributed by atoms with E-state index in [4.69, 9.17) is 4.74 Å². The van der Waals surface area contributed by atoms with Gasteiger partial charge in [-0.25, -0.2) is 0 Å². The molecule has 0 amide bonds. The van der Waals surface area contributed by atoms with Gasteiger partial charge in [-0.2, -0.15) is 0 Å². The molecule has 2 nitrogen and oxygen atoms in total. The first-order valence-electron chi connectivity index (χ1n) is 6.35. The lowest BCUT2D eigenvalue weighted by molar-refractivity contribution is -0.206. The van der Waals surface area contributed by atoms with Crippen LogP contribution in [0.15, 0.2) is 0 Å². The average molecular weight is 212 g/mol. The van der Waals surface area contributed by atoms with Gasteiger partial charge in [0, 0.05) is 11.8 Å². The van der Waals surface area contributed by atoms with Gasteiger partial charge in [-0.3, -0.25) is 0 Å². The molecule has 1 N–H and O–H groups in total. The Morgan fingerprint density at radius 3 is 2.40 bits per heavy atom. The van der Waals surface area contributed by atoms with E-state index >= 15 is 0 Å². The maximum Gasteiger partial charge on any atom is 0.0679 e. The molecule has 0 aliphatic heterocycles. The summed E-state index contributed by atoms with van der Waals surface area (Å²) in [6, 6.07) is 0. The van der Waals surface area contributed by atoms with Crippen molar-refractivity contribution in [3.8, 4) is 0 Å². The van der Waals surface area contributed by atoms with Crippen LogP contribution in [0.25, 0.3) is 0 Å². The molecule has 0 aromatic carbocycles. The third-order valence-corrected chi connectivity index (χ3v) is 4.50. The smallest absolute Gasteiger partial charge is 0.0679 e. The summed E-state index contributed by atoms with van der Waals surface area (Å²) in [5.74, 6) is 0.701. The van der Waals surface area contributed by atoms with Crippen LogP contribution in [0.4, 0.5) is 0 Å². The van der Waals surface area contributed by atoms with Crippen molar-refractivity contribution in [3.63, 3.8) is 0 Å². The molecule has 0 spiro atoms. The van der Waals surface area contributed by atoms with Gasteiger partial charge >= 0.3 is 0 Å². The number of hydrogen-bond acceptors (Lipinski definition) is 2. The molecule has 4 unspecified atom stereocenters. The van der Waals surface area contributed by atoms with E-state index in [0.29, 0.717) is 12.0 Å². The van der Waals surface area contributed by atoms with Crippen molar-refractivity contribution in [1.29, 1.82) is 0 Å². The summed E-state index contributed by atoms with van der Waals surface area (Å²) in [6.45, 7) is 6.52. The van der Waals surface area contributed by atoms with Gasteiger partial charge in [0.25, 0.3) is 0 Å². The summed E-state index contributed by atoms with van der Waals surface area (Å²) in [4.78, 5) is 0. The minimum atomic E-state index is -0.165. The van der Waals surface area contributed by atoms with Crippen molar-refractivity contribution in [2.75, 3.05) is 0 Å². The Morgan fingerprint density at radius 1 is 1.20 bits per heavy atom. The van der Waals surface area contributed by atoms with E-state index in [1.807, 2.05) is 0 Å². The fourth-order valence-electron chi connectivity index (χ4n) is 2.79. The Bertz CT molecular complexity index is 223. The van der Waals surface area contributed by atoms with E-state index in [-0.39, 0.29) is 17.6 Å². The van der Waals surface area contributed by atoms with E-state index in [0.717, 1.165) is 6.42 Å². The van der Waals surface area contributed by atoms with Crippen LogP contribution in [0.2, 0.25) is 0 Å². The van der Waals surface area contributed by atoms with Crippen LogP contribution in [-0.4, -0.2) is 23.4 Å². The number of rotatable bonds is 2. The van der Waals surface area contributed by atoms with Gasteiger partial charge in [-0.05, 0) is 18.8 Å². The first-order chi connectivity index (χ1) is 7.01. The van der Waals surface area contributed by atoms with E-state index in [9.17, 15) is 5.11 Å². The molecular weight excluding hydrogens is 188 g/mol. The minimum absolute atomic E-state index is 0.0306. The molecule has 2 fully saturated rings. The molecule has 0 saturated heterocycles. The molecule has 88 valence electrons. The number of hydrogen-bond donors (Lipinski definition) is 1. The third kappa shape index (κ3) is 2.07. The fourth-order valence-corrected chi connectivity index (χ4v) is 2.79. The van der Waals surface area contributed by atoms with Crippen molar-refractivity contribution in [2.24, 2.45) is 11.3 Å². The van der Waals surface area contributed by atoms with Crippen molar-refractivity contribution in [1.82, 2.24) is 0 Å².